The van der Waals surface area contributed by atoms with E-state index in [1.54, 1.807) is 32.8 Å². The van der Waals surface area contributed by atoms with Gasteiger partial charge in [-0.1, -0.05) is 5.16 Å². The number of carbonyl (C=O) groups is 3. The predicted octanol–water partition coefficient (Wildman–Crippen LogP) is 1.95. The number of rotatable bonds is 9. The summed E-state index contributed by atoms with van der Waals surface area (Å²) < 4.78 is 10.1. The van der Waals surface area contributed by atoms with Crippen molar-refractivity contribution in [2.75, 3.05) is 33.4 Å². The highest BCUT2D eigenvalue weighted by Gasteiger charge is 2.19. The molecule has 0 aliphatic carbocycles. The molecule has 1 heterocycles. The van der Waals surface area contributed by atoms with E-state index >= 15 is 0 Å². The standard InChI is InChI=1S/C17H31N5O5.C5H12O/c1-17(2,3)27-16(25)19-7-4-14(10-15(24)20-18)21-26-11-13-5-8-22(12-23)9-6-13;1-5(2,3)6-4/h12-13H,4-11,18H2,1-3H3,(H,19,25)(H,20,24);1-4H3/b21-14+;. The lowest BCUT2D eigenvalue weighted by atomic mass is 9.98. The van der Waals surface area contributed by atoms with Gasteiger partial charge in [-0.2, -0.15) is 0 Å². The number of likely N-dealkylation sites (tertiary alicyclic amines) is 1. The van der Waals surface area contributed by atoms with Gasteiger partial charge in [-0.15, -0.1) is 0 Å². The lowest BCUT2D eigenvalue weighted by molar-refractivity contribution is -0.120. The first-order chi connectivity index (χ1) is 15.3. The molecule has 11 nitrogen and oxygen atoms in total. The van der Waals surface area contributed by atoms with Crippen LogP contribution < -0.4 is 16.6 Å². The van der Waals surface area contributed by atoms with E-state index < -0.39 is 17.6 Å². The molecule has 1 rings (SSSR count). The SMILES string of the molecule is CC(C)(C)OC(=O)NCC/C(CC(=O)NN)=N\OCC1CCN(C=O)CC1.COC(C)(C)C. The Labute approximate surface area is 197 Å². The topological polar surface area (TPSA) is 145 Å². The number of amides is 3. The van der Waals surface area contributed by atoms with E-state index in [0.29, 0.717) is 37.7 Å². The van der Waals surface area contributed by atoms with Gasteiger partial charge in [0.05, 0.1) is 17.7 Å². The molecule has 0 aromatic rings. The van der Waals surface area contributed by atoms with Crippen LogP contribution in [0.25, 0.3) is 0 Å². The van der Waals surface area contributed by atoms with Crippen molar-refractivity contribution < 1.29 is 28.7 Å². The Morgan fingerprint density at radius 3 is 2.15 bits per heavy atom. The fourth-order valence-corrected chi connectivity index (χ4v) is 2.48. The molecule has 0 radical (unpaired) electrons. The number of hydrogen-bond acceptors (Lipinski definition) is 8. The molecule has 33 heavy (non-hydrogen) atoms. The maximum Gasteiger partial charge on any atom is 0.407 e. The molecule has 3 amide bonds. The molecule has 0 saturated carbocycles. The second-order valence-electron chi connectivity index (χ2n) is 9.78. The number of ether oxygens (including phenoxy) is 2. The molecule has 0 bridgehead atoms. The average molecular weight is 474 g/mol. The van der Waals surface area contributed by atoms with Gasteiger partial charge < -0.3 is 24.5 Å². The van der Waals surface area contributed by atoms with Gasteiger partial charge in [0.1, 0.15) is 12.2 Å². The number of alkyl carbamates (subject to hydrolysis) is 1. The van der Waals surface area contributed by atoms with Crippen molar-refractivity contribution in [2.24, 2.45) is 16.9 Å². The van der Waals surface area contributed by atoms with E-state index in [-0.39, 0.29) is 18.6 Å². The normalized spacial score (nSPS) is 15.2. The number of nitrogens with zero attached hydrogens (tertiary/aromatic N) is 2. The molecule has 1 saturated heterocycles. The van der Waals surface area contributed by atoms with Crippen LogP contribution in [0.4, 0.5) is 4.79 Å². The smallest absolute Gasteiger partial charge is 0.407 e. The van der Waals surface area contributed by atoms with Crippen molar-refractivity contribution >= 4 is 24.1 Å². The minimum Gasteiger partial charge on any atom is -0.444 e. The van der Waals surface area contributed by atoms with Gasteiger partial charge in [0.2, 0.25) is 12.3 Å². The summed E-state index contributed by atoms with van der Waals surface area (Å²) in [5.41, 5.74) is 1.98. The first-order valence-electron chi connectivity index (χ1n) is 11.2. The zero-order chi connectivity index (χ0) is 25.5. The van der Waals surface area contributed by atoms with E-state index in [1.165, 1.54) is 0 Å². The molecule has 4 N–H and O–H groups in total. The Morgan fingerprint density at radius 1 is 1.12 bits per heavy atom. The fourth-order valence-electron chi connectivity index (χ4n) is 2.48. The van der Waals surface area contributed by atoms with Gasteiger partial charge in [0.25, 0.3) is 0 Å². The summed E-state index contributed by atoms with van der Waals surface area (Å²) in [6.07, 6.45) is 2.34. The summed E-state index contributed by atoms with van der Waals surface area (Å²) in [6.45, 7) is 13.5. The van der Waals surface area contributed by atoms with Crippen molar-refractivity contribution in [2.45, 2.75) is 78.4 Å². The molecule has 0 atom stereocenters. The molecule has 192 valence electrons. The number of hydrogen-bond donors (Lipinski definition) is 3. The van der Waals surface area contributed by atoms with Crippen molar-refractivity contribution in [1.82, 2.24) is 15.6 Å². The molecule has 1 fully saturated rings. The van der Waals surface area contributed by atoms with Crippen molar-refractivity contribution in [3.05, 3.63) is 0 Å². The largest absolute Gasteiger partial charge is 0.444 e. The van der Waals surface area contributed by atoms with Crippen molar-refractivity contribution in [1.29, 1.82) is 0 Å². The fraction of sp³-hybridized carbons (Fsp3) is 0.818. The van der Waals surface area contributed by atoms with Crippen LogP contribution in [0.5, 0.6) is 0 Å². The Balaban J connectivity index is 0.00000150. The van der Waals surface area contributed by atoms with Crippen LogP contribution in [0, 0.1) is 5.92 Å². The second kappa shape index (κ2) is 15.4. The van der Waals surface area contributed by atoms with Crippen LogP contribution in [0.2, 0.25) is 0 Å². The van der Waals surface area contributed by atoms with Gasteiger partial charge in [0, 0.05) is 33.2 Å². The van der Waals surface area contributed by atoms with Crippen molar-refractivity contribution in [3.8, 4) is 0 Å². The zero-order valence-corrected chi connectivity index (χ0v) is 21.2. The summed E-state index contributed by atoms with van der Waals surface area (Å²) in [4.78, 5) is 41.0. The number of oxime groups is 1. The Morgan fingerprint density at radius 2 is 1.70 bits per heavy atom. The molecular weight excluding hydrogens is 430 g/mol. The highest BCUT2D eigenvalue weighted by atomic mass is 16.6. The zero-order valence-electron chi connectivity index (χ0n) is 21.2. The molecule has 0 spiro atoms. The summed E-state index contributed by atoms with van der Waals surface area (Å²) in [5, 5.41) is 6.65. The highest BCUT2D eigenvalue weighted by molar-refractivity contribution is 6.00. The van der Waals surface area contributed by atoms with E-state index in [2.05, 4.69) is 15.9 Å². The monoisotopic (exact) mass is 473 g/mol. The lowest BCUT2D eigenvalue weighted by Crippen LogP contribution is -2.35. The van der Waals surface area contributed by atoms with E-state index in [1.807, 2.05) is 20.8 Å². The quantitative estimate of drug-likeness (QED) is 0.153. The van der Waals surface area contributed by atoms with Crippen molar-refractivity contribution in [3.63, 3.8) is 0 Å². The molecule has 11 heteroatoms. The third-order valence-corrected chi connectivity index (χ3v) is 4.52. The van der Waals surface area contributed by atoms with Gasteiger partial charge in [-0.25, -0.2) is 10.6 Å². The molecule has 0 aromatic carbocycles. The Bertz CT molecular complexity index is 620. The first kappa shape index (κ1) is 30.6. The number of methoxy groups -OCH3 is 1. The maximum absolute atomic E-state index is 11.7. The number of hydrazine groups is 1. The van der Waals surface area contributed by atoms with Crippen LogP contribution >= 0.6 is 0 Å². The predicted molar refractivity (Wildman–Crippen MR) is 126 cm³/mol. The molecular formula is C22H43N5O6. The Kier molecular flexibility index (Phi) is 14.3. The minimum absolute atomic E-state index is 0.0178. The third-order valence-electron chi connectivity index (χ3n) is 4.52. The van der Waals surface area contributed by atoms with E-state index in [0.717, 1.165) is 19.3 Å². The maximum atomic E-state index is 11.7. The highest BCUT2D eigenvalue weighted by Crippen LogP contribution is 2.16. The molecule has 0 unspecified atom stereocenters. The van der Waals surface area contributed by atoms with Crippen LogP contribution in [0.3, 0.4) is 0 Å². The second-order valence-corrected chi connectivity index (χ2v) is 9.78. The number of piperidine rings is 1. The van der Waals surface area contributed by atoms with Gasteiger partial charge in [-0.05, 0) is 60.3 Å². The Hall–Kier alpha value is -2.40. The number of nitrogens with one attached hydrogen (secondary N) is 2. The van der Waals surface area contributed by atoms with Crippen LogP contribution in [-0.4, -0.2) is 73.6 Å². The van der Waals surface area contributed by atoms with E-state index in [4.69, 9.17) is 20.2 Å². The van der Waals surface area contributed by atoms with Crippen LogP contribution in [-0.2, 0) is 23.9 Å². The minimum atomic E-state index is -0.580. The van der Waals surface area contributed by atoms with E-state index in [9.17, 15) is 14.4 Å². The van der Waals surface area contributed by atoms with Gasteiger partial charge >= 0.3 is 6.09 Å². The lowest BCUT2D eigenvalue weighted by Gasteiger charge is -2.28. The summed E-state index contributed by atoms with van der Waals surface area (Å²) in [7, 11) is 1.71. The molecule has 1 aliphatic heterocycles. The first-order valence-corrected chi connectivity index (χ1v) is 11.2. The number of nitrogens with two attached hydrogens (primary N) is 1. The molecule has 0 aromatic heterocycles. The summed E-state index contributed by atoms with van der Waals surface area (Å²) in [5.74, 6) is 5.04. The van der Waals surface area contributed by atoms with Gasteiger partial charge in [0.15, 0.2) is 0 Å². The molecule has 1 aliphatic rings. The summed E-state index contributed by atoms with van der Waals surface area (Å²) in [6, 6.07) is 0. The third kappa shape index (κ3) is 17.8. The van der Waals surface area contributed by atoms with Crippen LogP contribution in [0.1, 0.15) is 67.2 Å². The van der Waals surface area contributed by atoms with Gasteiger partial charge in [-0.3, -0.25) is 15.0 Å². The summed E-state index contributed by atoms with van der Waals surface area (Å²) >= 11 is 0. The van der Waals surface area contributed by atoms with Crippen LogP contribution in [0.15, 0.2) is 5.16 Å². The number of carbonyl (C=O) groups excluding carboxylic acids is 3. The average Bonchev–Trinajstić information content (AvgIpc) is 2.72.